The van der Waals surface area contributed by atoms with Crippen LogP contribution in [0.15, 0.2) is 65.5 Å². The molecule has 47 heavy (non-hydrogen) atoms. The number of benzene rings is 2. The van der Waals surface area contributed by atoms with Crippen molar-refractivity contribution in [2.45, 2.75) is 64.6 Å². The summed E-state index contributed by atoms with van der Waals surface area (Å²) in [5.74, 6) is -2.66. The van der Waals surface area contributed by atoms with Crippen LogP contribution in [0.4, 0.5) is 0 Å². The number of rotatable bonds is 5. The number of nitrogens with one attached hydrogen (secondary N) is 5. The van der Waals surface area contributed by atoms with Crippen LogP contribution in [-0.4, -0.2) is 68.3 Å². The van der Waals surface area contributed by atoms with E-state index in [2.05, 4.69) is 36.2 Å². The Hall–Kier alpha value is -5.53. The number of nitrogens with zero attached hydrogens (tertiary/aromatic N) is 2. The molecular weight excluding hydrogens is 606 g/mol. The number of imidazole rings is 1. The predicted octanol–water partition coefficient (Wildman–Crippen LogP) is 2.89. The zero-order valence-electron chi connectivity index (χ0n) is 26.4. The molecule has 3 atom stereocenters. The van der Waals surface area contributed by atoms with Crippen molar-refractivity contribution in [3.8, 4) is 0 Å². The van der Waals surface area contributed by atoms with Gasteiger partial charge >= 0.3 is 0 Å². The number of oxazole rings is 1. The summed E-state index contributed by atoms with van der Waals surface area (Å²) >= 11 is 0. The van der Waals surface area contributed by atoms with Crippen molar-refractivity contribution < 1.29 is 33.5 Å². The van der Waals surface area contributed by atoms with Gasteiger partial charge in [0.15, 0.2) is 5.69 Å². The molecule has 4 amide bonds. The summed E-state index contributed by atoms with van der Waals surface area (Å²) in [5, 5.41) is 18.9. The van der Waals surface area contributed by atoms with E-state index in [1.54, 1.807) is 24.5 Å². The van der Waals surface area contributed by atoms with Crippen molar-refractivity contribution in [2.75, 3.05) is 6.54 Å². The SMILES string of the molecule is CC(=O)O.CC(C)[C@@H]1NC(=O)[C@@H](NC(=O)c2ccc3nc[nH]c3c2)CCCCNC(=O)c2coc(n2)[C@@H](Cc2ccccc2)NC1=O. The lowest BCUT2D eigenvalue weighted by Crippen LogP contribution is -2.56. The fourth-order valence-corrected chi connectivity index (χ4v) is 5.01. The van der Waals surface area contributed by atoms with E-state index in [4.69, 9.17) is 14.3 Å². The summed E-state index contributed by atoms with van der Waals surface area (Å²) in [6.07, 6.45) is 4.56. The smallest absolute Gasteiger partial charge is 0.300 e. The van der Waals surface area contributed by atoms with Crippen LogP contribution >= 0.6 is 0 Å². The largest absolute Gasteiger partial charge is 0.481 e. The molecule has 1 aliphatic rings. The first-order valence-corrected chi connectivity index (χ1v) is 15.3. The van der Waals surface area contributed by atoms with Gasteiger partial charge in [0, 0.05) is 25.5 Å². The number of fused-ring (bicyclic) bond motifs is 3. The lowest BCUT2D eigenvalue weighted by molar-refractivity contribution is -0.134. The van der Waals surface area contributed by atoms with E-state index >= 15 is 0 Å². The first-order chi connectivity index (χ1) is 22.5. The van der Waals surface area contributed by atoms with Gasteiger partial charge in [0.25, 0.3) is 17.8 Å². The number of amides is 4. The standard InChI is InChI=1S/C31H35N7O5.C2H4O2/c1-18(2)26-30(42)36-24(14-19-8-4-3-5-9-19)31-37-25(16-43-31)28(40)32-13-7-6-10-22(29(41)38-26)35-27(39)20-11-12-21-23(15-20)34-17-33-21;1-2(3)4/h3-5,8-9,11-12,15-18,22,24,26H,6-7,10,13-14H2,1-2H3,(H,32,40)(H,33,34)(H,35,39)(H,36,42)(H,38,41);1H3,(H,3,4)/t22-,24+,26-;/m0./s1. The van der Waals surface area contributed by atoms with Crippen LogP contribution in [0.25, 0.3) is 11.0 Å². The molecule has 2 bridgehead atoms. The number of H-pyrrole nitrogens is 1. The highest BCUT2D eigenvalue weighted by atomic mass is 16.4. The minimum absolute atomic E-state index is 0.113. The van der Waals surface area contributed by atoms with Crippen LogP contribution in [0.5, 0.6) is 0 Å². The van der Waals surface area contributed by atoms with Gasteiger partial charge in [-0.3, -0.25) is 24.0 Å². The lowest BCUT2D eigenvalue weighted by atomic mass is 10.00. The van der Waals surface area contributed by atoms with Gasteiger partial charge in [-0.15, -0.1) is 0 Å². The van der Waals surface area contributed by atoms with E-state index in [-0.39, 0.29) is 17.5 Å². The third kappa shape index (κ3) is 9.73. The average Bonchev–Trinajstić information content (AvgIpc) is 3.72. The van der Waals surface area contributed by atoms with Crippen LogP contribution in [0, 0.1) is 5.92 Å². The fourth-order valence-electron chi connectivity index (χ4n) is 5.01. The molecule has 0 saturated heterocycles. The van der Waals surface area contributed by atoms with E-state index < -0.39 is 47.7 Å². The summed E-state index contributed by atoms with van der Waals surface area (Å²) in [6.45, 7) is 5.09. The van der Waals surface area contributed by atoms with Crippen LogP contribution < -0.4 is 21.3 Å². The molecular formula is C33H39N7O7. The molecule has 14 heteroatoms. The topological polar surface area (TPSA) is 208 Å². The minimum Gasteiger partial charge on any atom is -0.481 e. The van der Waals surface area contributed by atoms with Crippen molar-refractivity contribution in [2.24, 2.45) is 5.92 Å². The zero-order chi connectivity index (χ0) is 33.9. The van der Waals surface area contributed by atoms with E-state index in [0.29, 0.717) is 43.3 Å². The average molecular weight is 646 g/mol. The van der Waals surface area contributed by atoms with E-state index in [1.807, 2.05) is 44.2 Å². The number of carboxylic acid groups (broad SMARTS) is 1. The summed E-state index contributed by atoms with van der Waals surface area (Å²) in [6, 6.07) is 12.0. The quantitative estimate of drug-likeness (QED) is 0.188. The number of carboxylic acids is 1. The predicted molar refractivity (Wildman–Crippen MR) is 171 cm³/mol. The second kappa shape index (κ2) is 16.2. The molecule has 4 aromatic rings. The Balaban J connectivity index is 0.00000118. The highest BCUT2D eigenvalue weighted by Crippen LogP contribution is 2.20. The van der Waals surface area contributed by atoms with Gasteiger partial charge in [-0.1, -0.05) is 44.2 Å². The lowest BCUT2D eigenvalue weighted by Gasteiger charge is -2.27. The molecule has 3 heterocycles. The van der Waals surface area contributed by atoms with Gasteiger partial charge in [0.1, 0.15) is 24.4 Å². The normalized spacial score (nSPS) is 19.1. The number of carbonyl (C=O) groups excluding carboxylic acids is 4. The number of aromatic nitrogens is 3. The van der Waals surface area contributed by atoms with E-state index in [1.165, 1.54) is 6.26 Å². The Labute approximate surface area is 271 Å². The molecule has 0 aliphatic carbocycles. The maximum Gasteiger partial charge on any atom is 0.300 e. The molecule has 6 N–H and O–H groups in total. The number of carbonyl (C=O) groups is 5. The van der Waals surface area contributed by atoms with Crippen LogP contribution in [0.1, 0.15) is 78.4 Å². The van der Waals surface area contributed by atoms with Gasteiger partial charge in [-0.2, -0.15) is 0 Å². The van der Waals surface area contributed by atoms with Crippen molar-refractivity contribution >= 4 is 40.6 Å². The zero-order valence-corrected chi connectivity index (χ0v) is 26.4. The fraction of sp³-hybridized carbons (Fsp3) is 0.364. The van der Waals surface area contributed by atoms with Crippen LogP contribution in [0.3, 0.4) is 0 Å². The molecule has 14 nitrogen and oxygen atoms in total. The Morgan fingerprint density at radius 1 is 1.04 bits per heavy atom. The highest BCUT2D eigenvalue weighted by molar-refractivity contribution is 6.00. The second-order valence-corrected chi connectivity index (χ2v) is 11.5. The Morgan fingerprint density at radius 3 is 2.51 bits per heavy atom. The van der Waals surface area contributed by atoms with Crippen LogP contribution in [0.2, 0.25) is 0 Å². The third-order valence-corrected chi connectivity index (χ3v) is 7.41. The second-order valence-electron chi connectivity index (χ2n) is 11.5. The maximum atomic E-state index is 13.7. The van der Waals surface area contributed by atoms with Crippen LogP contribution in [-0.2, 0) is 20.8 Å². The third-order valence-electron chi connectivity index (χ3n) is 7.41. The number of hydrogen-bond acceptors (Lipinski definition) is 8. The molecule has 0 radical (unpaired) electrons. The van der Waals surface area contributed by atoms with Gasteiger partial charge in [-0.25, -0.2) is 9.97 Å². The van der Waals surface area contributed by atoms with Crippen molar-refractivity contribution in [1.29, 1.82) is 0 Å². The van der Waals surface area contributed by atoms with Gasteiger partial charge in [-0.05, 0) is 48.9 Å². The first-order valence-electron chi connectivity index (χ1n) is 15.3. The van der Waals surface area contributed by atoms with Crippen molar-refractivity contribution in [3.63, 3.8) is 0 Å². The molecule has 0 fully saturated rings. The van der Waals surface area contributed by atoms with Crippen molar-refractivity contribution in [3.05, 3.63) is 83.8 Å². The molecule has 0 spiro atoms. The summed E-state index contributed by atoms with van der Waals surface area (Å²) in [4.78, 5) is 73.7. The van der Waals surface area contributed by atoms with E-state index in [9.17, 15) is 19.2 Å². The molecule has 248 valence electrons. The number of aromatic amines is 1. The first kappa shape index (κ1) is 34.3. The molecule has 5 rings (SSSR count). The number of hydrogen-bond donors (Lipinski definition) is 6. The molecule has 2 aromatic heterocycles. The summed E-state index contributed by atoms with van der Waals surface area (Å²) in [7, 11) is 0. The summed E-state index contributed by atoms with van der Waals surface area (Å²) < 4.78 is 5.66. The van der Waals surface area contributed by atoms with Gasteiger partial charge in [0.2, 0.25) is 17.7 Å². The Bertz CT molecular complexity index is 1700. The van der Waals surface area contributed by atoms with E-state index in [0.717, 1.165) is 18.0 Å². The highest BCUT2D eigenvalue weighted by Gasteiger charge is 2.32. The molecule has 2 aromatic carbocycles. The maximum absolute atomic E-state index is 13.7. The molecule has 0 saturated carbocycles. The monoisotopic (exact) mass is 645 g/mol. The van der Waals surface area contributed by atoms with Crippen molar-refractivity contribution in [1.82, 2.24) is 36.2 Å². The van der Waals surface area contributed by atoms with Gasteiger partial charge < -0.3 is 35.8 Å². The molecule has 0 unspecified atom stereocenters. The number of aliphatic carboxylic acids is 1. The Kier molecular flexibility index (Phi) is 11.8. The Morgan fingerprint density at radius 2 is 1.79 bits per heavy atom. The summed E-state index contributed by atoms with van der Waals surface area (Å²) in [5.41, 5.74) is 2.83. The minimum atomic E-state index is -0.908. The molecule has 1 aliphatic heterocycles. The van der Waals surface area contributed by atoms with Gasteiger partial charge in [0.05, 0.1) is 17.4 Å².